The number of hydrogen-bond donors (Lipinski definition) is 1. The van der Waals surface area contributed by atoms with Gasteiger partial charge in [0.15, 0.2) is 0 Å². The van der Waals surface area contributed by atoms with Crippen molar-refractivity contribution in [3.63, 3.8) is 0 Å². The molecular formula is C13H23N3S. The molecule has 0 bridgehead atoms. The minimum absolute atomic E-state index is 0.541. The van der Waals surface area contributed by atoms with Crippen molar-refractivity contribution in [2.24, 2.45) is 0 Å². The van der Waals surface area contributed by atoms with E-state index in [4.69, 9.17) is 0 Å². The fourth-order valence-corrected chi connectivity index (χ4v) is 2.35. The lowest BCUT2D eigenvalue weighted by molar-refractivity contribution is 0.707. The quantitative estimate of drug-likeness (QED) is 0.807. The van der Waals surface area contributed by atoms with E-state index >= 15 is 0 Å². The molecule has 0 amide bonds. The van der Waals surface area contributed by atoms with Crippen LogP contribution in [0.5, 0.6) is 0 Å². The summed E-state index contributed by atoms with van der Waals surface area (Å²) in [6.07, 6.45) is 4.04. The maximum absolute atomic E-state index is 4.37. The second-order valence-electron chi connectivity index (χ2n) is 4.20. The Morgan fingerprint density at radius 1 is 1.53 bits per heavy atom. The summed E-state index contributed by atoms with van der Waals surface area (Å²) in [6.45, 7) is 6.18. The molecule has 0 spiro atoms. The largest absolute Gasteiger partial charge is 0.371 e. The lowest BCUT2D eigenvalue weighted by Gasteiger charge is -2.26. The van der Waals surface area contributed by atoms with Crippen molar-refractivity contribution in [3.8, 4) is 0 Å². The van der Waals surface area contributed by atoms with E-state index in [1.165, 1.54) is 5.69 Å². The summed E-state index contributed by atoms with van der Waals surface area (Å²) in [4.78, 5) is 6.68. The maximum atomic E-state index is 4.37. The fourth-order valence-electron chi connectivity index (χ4n) is 1.64. The molecule has 1 unspecified atom stereocenters. The van der Waals surface area contributed by atoms with E-state index in [1.54, 1.807) is 0 Å². The summed E-state index contributed by atoms with van der Waals surface area (Å²) in [5.41, 5.74) is 2.35. The van der Waals surface area contributed by atoms with Gasteiger partial charge in [-0.05, 0) is 31.9 Å². The lowest BCUT2D eigenvalue weighted by Crippen LogP contribution is -2.31. The number of pyridine rings is 1. The molecule has 17 heavy (non-hydrogen) atoms. The third-order valence-corrected chi connectivity index (χ3v) is 3.65. The van der Waals surface area contributed by atoms with Crippen LogP contribution in [0.2, 0.25) is 0 Å². The van der Waals surface area contributed by atoms with Crippen LogP contribution < -0.4 is 10.2 Å². The first kappa shape index (κ1) is 14.3. The molecule has 1 N–H and O–H groups in total. The van der Waals surface area contributed by atoms with E-state index < -0.39 is 0 Å². The van der Waals surface area contributed by atoms with Gasteiger partial charge in [-0.25, -0.2) is 0 Å². The Hall–Kier alpha value is -0.740. The summed E-state index contributed by atoms with van der Waals surface area (Å²) >= 11 is 1.88. The lowest BCUT2D eigenvalue weighted by atomic mass is 10.2. The summed E-state index contributed by atoms with van der Waals surface area (Å²) in [6, 6.07) is 4.78. The number of nitrogens with one attached hydrogen (secondary N) is 1. The molecule has 0 aliphatic heterocycles. The van der Waals surface area contributed by atoms with Gasteiger partial charge < -0.3 is 10.2 Å². The van der Waals surface area contributed by atoms with Gasteiger partial charge in [0.25, 0.3) is 0 Å². The van der Waals surface area contributed by atoms with Gasteiger partial charge in [0.1, 0.15) is 0 Å². The van der Waals surface area contributed by atoms with E-state index in [0.717, 1.165) is 24.5 Å². The molecule has 0 aromatic carbocycles. The molecule has 1 aromatic heterocycles. The highest BCUT2D eigenvalue weighted by Gasteiger charge is 2.09. The van der Waals surface area contributed by atoms with Crippen molar-refractivity contribution in [1.29, 1.82) is 0 Å². The SMILES string of the molecule is CCNCc1cc(N(C)C(C)CSC)ccn1. The minimum atomic E-state index is 0.541. The minimum Gasteiger partial charge on any atom is -0.371 e. The van der Waals surface area contributed by atoms with Crippen LogP contribution in [0.1, 0.15) is 19.5 Å². The van der Waals surface area contributed by atoms with Crippen LogP contribution in [-0.2, 0) is 6.54 Å². The van der Waals surface area contributed by atoms with Gasteiger partial charge in [0.2, 0.25) is 0 Å². The van der Waals surface area contributed by atoms with Crippen molar-refractivity contribution in [3.05, 3.63) is 24.0 Å². The molecule has 1 rings (SSSR count). The number of nitrogens with zero attached hydrogens (tertiary/aromatic N) is 2. The van der Waals surface area contributed by atoms with Gasteiger partial charge in [-0.2, -0.15) is 11.8 Å². The summed E-state index contributed by atoms with van der Waals surface area (Å²) in [5.74, 6) is 1.14. The number of thioether (sulfide) groups is 1. The molecule has 96 valence electrons. The molecule has 3 nitrogen and oxygen atoms in total. The second kappa shape index (κ2) is 7.56. The predicted octanol–water partition coefficient (Wildman–Crippen LogP) is 2.38. The molecule has 4 heteroatoms. The fraction of sp³-hybridized carbons (Fsp3) is 0.615. The standard InChI is InChI=1S/C13H23N3S/c1-5-14-9-12-8-13(6-7-15-12)16(3)11(2)10-17-4/h6-8,11,14H,5,9-10H2,1-4H3. The first-order valence-corrected chi connectivity index (χ1v) is 7.45. The molecule has 0 saturated carbocycles. The monoisotopic (exact) mass is 253 g/mol. The average molecular weight is 253 g/mol. The van der Waals surface area contributed by atoms with Crippen molar-refractivity contribution in [2.45, 2.75) is 26.4 Å². The van der Waals surface area contributed by atoms with Gasteiger partial charge in [-0.15, -0.1) is 0 Å². The highest BCUT2D eigenvalue weighted by Crippen LogP contribution is 2.17. The molecule has 1 heterocycles. The normalized spacial score (nSPS) is 12.5. The number of rotatable bonds is 7. The highest BCUT2D eigenvalue weighted by atomic mass is 32.2. The second-order valence-corrected chi connectivity index (χ2v) is 5.11. The summed E-state index contributed by atoms with van der Waals surface area (Å²) in [7, 11) is 2.15. The first-order chi connectivity index (χ1) is 8.19. The third kappa shape index (κ3) is 4.56. The summed E-state index contributed by atoms with van der Waals surface area (Å²) < 4.78 is 0. The summed E-state index contributed by atoms with van der Waals surface area (Å²) in [5, 5.41) is 3.30. The highest BCUT2D eigenvalue weighted by molar-refractivity contribution is 7.98. The average Bonchev–Trinajstić information content (AvgIpc) is 2.36. The Balaban J connectivity index is 2.69. The molecule has 0 fully saturated rings. The molecule has 0 aliphatic carbocycles. The maximum Gasteiger partial charge on any atom is 0.0562 e. The third-order valence-electron chi connectivity index (χ3n) is 2.83. The van der Waals surface area contributed by atoms with Crippen LogP contribution >= 0.6 is 11.8 Å². The van der Waals surface area contributed by atoms with Gasteiger partial charge in [0, 0.05) is 37.3 Å². The predicted molar refractivity (Wildman–Crippen MR) is 77.9 cm³/mol. The van der Waals surface area contributed by atoms with Crippen LogP contribution in [0, 0.1) is 0 Å². The Morgan fingerprint density at radius 3 is 2.94 bits per heavy atom. The van der Waals surface area contributed by atoms with E-state index in [-0.39, 0.29) is 0 Å². The van der Waals surface area contributed by atoms with E-state index in [0.29, 0.717) is 6.04 Å². The number of aromatic nitrogens is 1. The Bertz CT molecular complexity index is 330. The topological polar surface area (TPSA) is 28.2 Å². The van der Waals surface area contributed by atoms with Crippen molar-refractivity contribution in [2.75, 3.05) is 30.5 Å². The Labute approximate surface area is 109 Å². The van der Waals surface area contributed by atoms with E-state index in [2.05, 4.69) is 54.5 Å². The van der Waals surface area contributed by atoms with Gasteiger partial charge in [-0.1, -0.05) is 6.92 Å². The van der Waals surface area contributed by atoms with Crippen LogP contribution in [0.3, 0.4) is 0 Å². The van der Waals surface area contributed by atoms with Crippen molar-refractivity contribution >= 4 is 17.4 Å². The smallest absolute Gasteiger partial charge is 0.0562 e. The van der Waals surface area contributed by atoms with Gasteiger partial charge in [0.05, 0.1) is 5.69 Å². The molecule has 1 atom stereocenters. The van der Waals surface area contributed by atoms with Crippen LogP contribution in [0.25, 0.3) is 0 Å². The van der Waals surface area contributed by atoms with E-state index in [9.17, 15) is 0 Å². The Kier molecular flexibility index (Phi) is 6.37. The molecular weight excluding hydrogens is 230 g/mol. The number of anilines is 1. The Morgan fingerprint density at radius 2 is 2.29 bits per heavy atom. The van der Waals surface area contributed by atoms with Gasteiger partial charge >= 0.3 is 0 Å². The number of hydrogen-bond acceptors (Lipinski definition) is 4. The van der Waals surface area contributed by atoms with Crippen molar-refractivity contribution < 1.29 is 0 Å². The molecule has 1 aromatic rings. The zero-order chi connectivity index (χ0) is 12.7. The molecule has 0 aliphatic rings. The van der Waals surface area contributed by atoms with Crippen LogP contribution in [0.15, 0.2) is 18.3 Å². The van der Waals surface area contributed by atoms with Crippen LogP contribution in [-0.4, -0.2) is 36.6 Å². The molecule has 0 radical (unpaired) electrons. The van der Waals surface area contributed by atoms with Crippen LogP contribution in [0.4, 0.5) is 5.69 Å². The molecule has 0 saturated heterocycles. The zero-order valence-electron chi connectivity index (χ0n) is 11.2. The van der Waals surface area contributed by atoms with Gasteiger partial charge in [-0.3, -0.25) is 4.98 Å². The first-order valence-electron chi connectivity index (χ1n) is 6.06. The van der Waals surface area contributed by atoms with Crippen molar-refractivity contribution in [1.82, 2.24) is 10.3 Å². The zero-order valence-corrected chi connectivity index (χ0v) is 12.0. The van der Waals surface area contributed by atoms with E-state index in [1.807, 2.05) is 18.0 Å².